The molecule has 0 aliphatic heterocycles. The molecular formula is C15H15BrN3O3+. The van der Waals surface area contributed by atoms with Crippen molar-refractivity contribution in [2.45, 2.75) is 6.92 Å². The van der Waals surface area contributed by atoms with Gasteiger partial charge in [-0.25, -0.2) is 9.78 Å². The topological polar surface area (TPSA) is 88.0 Å². The Morgan fingerprint density at radius 3 is 2.86 bits per heavy atom. The molecule has 0 spiro atoms. The lowest BCUT2D eigenvalue weighted by Crippen LogP contribution is -2.25. The smallest absolute Gasteiger partial charge is 0.372 e. The maximum Gasteiger partial charge on any atom is 0.372 e. The number of rotatable bonds is 5. The molecular weight excluding hydrogens is 350 g/mol. The van der Waals surface area contributed by atoms with Crippen molar-refractivity contribution in [1.29, 1.82) is 0 Å². The van der Waals surface area contributed by atoms with E-state index in [1.807, 2.05) is 19.1 Å². The van der Waals surface area contributed by atoms with Gasteiger partial charge in [0.05, 0.1) is 0 Å². The van der Waals surface area contributed by atoms with E-state index in [4.69, 9.17) is 15.3 Å². The molecule has 22 heavy (non-hydrogen) atoms. The summed E-state index contributed by atoms with van der Waals surface area (Å²) in [6, 6.07) is 10.7. The number of H-pyrrole nitrogens is 1. The SMILES string of the molecule is Cc1cc(OCC(=O)ON=C(N)c2cccc[nH+]2)ccc1Br. The highest BCUT2D eigenvalue weighted by molar-refractivity contribution is 9.10. The van der Waals surface area contributed by atoms with E-state index in [0.29, 0.717) is 11.4 Å². The molecule has 0 fully saturated rings. The predicted octanol–water partition coefficient (Wildman–Crippen LogP) is 1.81. The minimum atomic E-state index is -0.639. The summed E-state index contributed by atoms with van der Waals surface area (Å²) >= 11 is 3.39. The van der Waals surface area contributed by atoms with E-state index >= 15 is 0 Å². The first-order valence-corrected chi connectivity index (χ1v) is 7.25. The van der Waals surface area contributed by atoms with Crippen molar-refractivity contribution in [3.63, 3.8) is 0 Å². The van der Waals surface area contributed by atoms with Crippen LogP contribution < -0.4 is 15.5 Å². The van der Waals surface area contributed by atoms with Crippen LogP contribution in [0.5, 0.6) is 5.75 Å². The molecule has 0 aliphatic carbocycles. The lowest BCUT2D eigenvalue weighted by atomic mass is 10.2. The summed E-state index contributed by atoms with van der Waals surface area (Å²) in [6.07, 6.45) is 1.69. The monoisotopic (exact) mass is 364 g/mol. The minimum Gasteiger partial charge on any atom is -0.482 e. The molecule has 0 aliphatic rings. The normalized spacial score (nSPS) is 11.1. The highest BCUT2D eigenvalue weighted by atomic mass is 79.9. The number of aromatic nitrogens is 1. The third kappa shape index (κ3) is 4.56. The largest absolute Gasteiger partial charge is 0.482 e. The van der Waals surface area contributed by atoms with E-state index in [9.17, 15) is 4.79 Å². The molecule has 1 aromatic heterocycles. The van der Waals surface area contributed by atoms with Gasteiger partial charge in [-0.1, -0.05) is 21.1 Å². The van der Waals surface area contributed by atoms with Crippen LogP contribution in [0.25, 0.3) is 0 Å². The van der Waals surface area contributed by atoms with Crippen LogP contribution in [0.15, 0.2) is 52.2 Å². The molecule has 0 saturated carbocycles. The van der Waals surface area contributed by atoms with Gasteiger partial charge in [-0.05, 0) is 36.8 Å². The number of nitrogens with one attached hydrogen (secondary N) is 1. The minimum absolute atomic E-state index is 0.0773. The fraction of sp³-hybridized carbons (Fsp3) is 0.133. The van der Waals surface area contributed by atoms with E-state index < -0.39 is 5.97 Å². The van der Waals surface area contributed by atoms with Crippen molar-refractivity contribution in [3.8, 4) is 5.75 Å². The third-order valence-corrected chi connectivity index (χ3v) is 3.61. The Morgan fingerprint density at radius 2 is 2.18 bits per heavy atom. The van der Waals surface area contributed by atoms with E-state index in [0.717, 1.165) is 10.0 Å². The van der Waals surface area contributed by atoms with Gasteiger partial charge in [0.1, 0.15) is 5.75 Å². The van der Waals surface area contributed by atoms with Crippen molar-refractivity contribution in [2.24, 2.45) is 10.9 Å². The third-order valence-electron chi connectivity index (χ3n) is 2.72. The van der Waals surface area contributed by atoms with Gasteiger partial charge in [0, 0.05) is 16.6 Å². The number of nitrogens with two attached hydrogens (primary N) is 1. The zero-order valence-corrected chi connectivity index (χ0v) is 13.5. The van der Waals surface area contributed by atoms with Crippen LogP contribution in [-0.4, -0.2) is 18.4 Å². The van der Waals surface area contributed by atoms with Crippen molar-refractivity contribution >= 4 is 27.7 Å². The molecule has 0 atom stereocenters. The van der Waals surface area contributed by atoms with Crippen molar-refractivity contribution in [2.75, 3.05) is 6.61 Å². The Morgan fingerprint density at radius 1 is 1.36 bits per heavy atom. The van der Waals surface area contributed by atoms with Gasteiger partial charge in [-0.3, -0.25) is 0 Å². The molecule has 0 saturated heterocycles. The van der Waals surface area contributed by atoms with Gasteiger partial charge in [-0.15, -0.1) is 0 Å². The molecule has 0 unspecified atom stereocenters. The number of carbonyl (C=O) groups is 1. The van der Waals surface area contributed by atoms with Crippen LogP contribution in [0.4, 0.5) is 0 Å². The fourth-order valence-electron chi connectivity index (χ4n) is 1.58. The maximum atomic E-state index is 11.6. The average Bonchev–Trinajstić information content (AvgIpc) is 2.54. The summed E-state index contributed by atoms with van der Waals surface area (Å²) in [5.41, 5.74) is 7.25. The number of benzene rings is 1. The van der Waals surface area contributed by atoms with Crippen LogP contribution in [0.3, 0.4) is 0 Å². The zero-order chi connectivity index (χ0) is 15.9. The summed E-state index contributed by atoms with van der Waals surface area (Å²) in [5.74, 6) is 0.0129. The molecule has 3 N–H and O–H groups in total. The Bertz CT molecular complexity index is 690. The summed E-state index contributed by atoms with van der Waals surface area (Å²) in [6.45, 7) is 1.67. The first-order chi connectivity index (χ1) is 10.6. The van der Waals surface area contributed by atoms with Crippen LogP contribution in [-0.2, 0) is 9.63 Å². The molecule has 6 nitrogen and oxygen atoms in total. The fourth-order valence-corrected chi connectivity index (χ4v) is 1.82. The number of pyridine rings is 1. The number of aromatic amines is 1. The predicted molar refractivity (Wildman–Crippen MR) is 84.2 cm³/mol. The van der Waals surface area contributed by atoms with Gasteiger partial charge in [-0.2, -0.15) is 0 Å². The lowest BCUT2D eigenvalue weighted by Gasteiger charge is -2.06. The van der Waals surface area contributed by atoms with Crippen molar-refractivity contribution in [1.82, 2.24) is 0 Å². The lowest BCUT2D eigenvalue weighted by molar-refractivity contribution is -0.380. The Labute approximate surface area is 136 Å². The summed E-state index contributed by atoms with van der Waals surface area (Å²) in [4.78, 5) is 19.2. The number of amidine groups is 1. The van der Waals surface area contributed by atoms with Crippen molar-refractivity contribution < 1.29 is 19.4 Å². The first-order valence-electron chi connectivity index (χ1n) is 6.45. The molecule has 7 heteroatoms. The summed E-state index contributed by atoms with van der Waals surface area (Å²) < 4.78 is 6.30. The quantitative estimate of drug-likeness (QED) is 0.379. The number of hydrogen-bond acceptors (Lipinski definition) is 4. The molecule has 114 valence electrons. The Balaban J connectivity index is 1.86. The summed E-state index contributed by atoms with van der Waals surface area (Å²) in [7, 11) is 0. The molecule has 0 radical (unpaired) electrons. The number of ether oxygens (including phenoxy) is 1. The average molecular weight is 365 g/mol. The van der Waals surface area contributed by atoms with E-state index in [1.165, 1.54) is 0 Å². The van der Waals surface area contributed by atoms with Crippen LogP contribution in [0.1, 0.15) is 11.3 Å². The second-order valence-electron chi connectivity index (χ2n) is 4.42. The number of carbonyl (C=O) groups excluding carboxylic acids is 1. The first kappa shape index (κ1) is 16.0. The van der Waals surface area contributed by atoms with E-state index in [1.54, 1.807) is 30.5 Å². The second-order valence-corrected chi connectivity index (χ2v) is 5.27. The van der Waals surface area contributed by atoms with Gasteiger partial charge in [0.15, 0.2) is 12.8 Å². The maximum absolute atomic E-state index is 11.6. The number of oxime groups is 1. The number of aryl methyl sites for hydroxylation is 1. The standard InChI is InChI=1S/C15H14BrN3O3/c1-10-8-11(5-6-12(10)16)21-9-14(20)22-19-15(17)13-4-2-3-7-18-13/h2-8H,9H2,1H3,(H2,17,19)/p+1. The number of halogens is 1. The number of nitrogens with zero attached hydrogens (tertiary/aromatic N) is 1. The van der Waals surface area contributed by atoms with E-state index in [2.05, 4.69) is 26.1 Å². The Kier molecular flexibility index (Phi) is 5.48. The van der Waals surface area contributed by atoms with Crippen LogP contribution in [0.2, 0.25) is 0 Å². The van der Waals surface area contributed by atoms with Gasteiger partial charge < -0.3 is 15.3 Å². The molecule has 2 aromatic rings. The van der Waals surface area contributed by atoms with Crippen molar-refractivity contribution in [3.05, 3.63) is 58.3 Å². The molecule has 0 amide bonds. The van der Waals surface area contributed by atoms with E-state index in [-0.39, 0.29) is 12.4 Å². The second kappa shape index (κ2) is 7.56. The molecule has 1 aromatic carbocycles. The molecule has 1 heterocycles. The number of hydrogen-bond donors (Lipinski definition) is 1. The highest BCUT2D eigenvalue weighted by Crippen LogP contribution is 2.21. The molecule has 0 bridgehead atoms. The zero-order valence-electron chi connectivity index (χ0n) is 11.9. The van der Waals surface area contributed by atoms with Gasteiger partial charge in [0.25, 0.3) is 0 Å². The van der Waals surface area contributed by atoms with Crippen LogP contribution >= 0.6 is 15.9 Å². The Hall–Kier alpha value is -2.41. The molecule has 2 rings (SSSR count). The highest BCUT2D eigenvalue weighted by Gasteiger charge is 2.09. The van der Waals surface area contributed by atoms with Crippen LogP contribution in [0, 0.1) is 6.92 Å². The van der Waals surface area contributed by atoms with Gasteiger partial charge in [0.2, 0.25) is 11.5 Å². The summed E-state index contributed by atoms with van der Waals surface area (Å²) in [5, 5.41) is 3.56. The van der Waals surface area contributed by atoms with Gasteiger partial charge >= 0.3 is 5.97 Å².